The number of nitrogens with zero attached hydrogens (tertiary/aromatic N) is 1. The second kappa shape index (κ2) is 6.22. The number of hydrogen-bond acceptors (Lipinski definition) is 2. The molecule has 0 aliphatic carbocycles. The third kappa shape index (κ3) is 3.96. The van der Waals surface area contributed by atoms with Gasteiger partial charge in [-0.15, -0.1) is 12.4 Å². The first-order valence-corrected chi connectivity index (χ1v) is 4.72. The summed E-state index contributed by atoms with van der Waals surface area (Å²) in [5.74, 6) is 0.893. The van der Waals surface area contributed by atoms with E-state index in [9.17, 15) is 4.79 Å². The molecule has 1 atom stereocenters. The maximum absolute atomic E-state index is 11.4. The molecule has 0 aromatic rings. The van der Waals surface area contributed by atoms with Gasteiger partial charge >= 0.3 is 0 Å². The number of carbonyl (C=O) groups is 1. The predicted octanol–water partition coefficient (Wildman–Crippen LogP) is 1.02. The second-order valence-corrected chi connectivity index (χ2v) is 3.63. The summed E-state index contributed by atoms with van der Waals surface area (Å²) in [6, 6.07) is 0. The van der Waals surface area contributed by atoms with Gasteiger partial charge in [0.1, 0.15) is 0 Å². The van der Waals surface area contributed by atoms with Crippen molar-refractivity contribution in [2.45, 2.75) is 26.2 Å². The number of hydrogen-bond donors (Lipinski definition) is 1. The first kappa shape index (κ1) is 12.7. The molecule has 0 saturated carbocycles. The van der Waals surface area contributed by atoms with Crippen molar-refractivity contribution in [2.75, 3.05) is 19.6 Å². The maximum atomic E-state index is 11.4. The number of carbonyl (C=O) groups excluding carboxylic acids is 1. The molecule has 1 saturated heterocycles. The van der Waals surface area contributed by atoms with Gasteiger partial charge < -0.3 is 10.6 Å². The molecule has 0 unspecified atom stereocenters. The summed E-state index contributed by atoms with van der Waals surface area (Å²) in [7, 11) is 0. The molecule has 0 radical (unpaired) electrons. The van der Waals surface area contributed by atoms with E-state index >= 15 is 0 Å². The van der Waals surface area contributed by atoms with Crippen LogP contribution >= 0.6 is 12.4 Å². The minimum Gasteiger partial charge on any atom is -0.342 e. The van der Waals surface area contributed by atoms with Crippen LogP contribution in [-0.4, -0.2) is 30.4 Å². The zero-order chi connectivity index (χ0) is 8.97. The van der Waals surface area contributed by atoms with Gasteiger partial charge in [0, 0.05) is 26.1 Å². The van der Waals surface area contributed by atoms with Gasteiger partial charge in [0.25, 0.3) is 0 Å². The van der Waals surface area contributed by atoms with Crippen LogP contribution in [0, 0.1) is 5.92 Å². The fourth-order valence-electron chi connectivity index (χ4n) is 1.70. The molecule has 0 bridgehead atoms. The first-order valence-electron chi connectivity index (χ1n) is 4.72. The summed E-state index contributed by atoms with van der Waals surface area (Å²) in [5, 5.41) is 0. The predicted molar refractivity (Wildman–Crippen MR) is 55.9 cm³/mol. The van der Waals surface area contributed by atoms with Crippen molar-refractivity contribution >= 4 is 18.3 Å². The van der Waals surface area contributed by atoms with Crippen LogP contribution in [0.5, 0.6) is 0 Å². The van der Waals surface area contributed by atoms with Crippen LogP contribution < -0.4 is 5.73 Å². The molecular formula is C9H19ClN2O. The van der Waals surface area contributed by atoms with Crippen LogP contribution in [0.1, 0.15) is 26.2 Å². The van der Waals surface area contributed by atoms with Crippen molar-refractivity contribution in [3.8, 4) is 0 Å². The van der Waals surface area contributed by atoms with Crippen molar-refractivity contribution in [3.63, 3.8) is 0 Å². The standard InChI is InChI=1S/C9H18N2O.ClH/c1-8-3-2-6-11(7-8)9(12)4-5-10;/h8H,2-7,10H2,1H3;1H/t8-;/m0./s1. The minimum atomic E-state index is 0. The smallest absolute Gasteiger partial charge is 0.223 e. The summed E-state index contributed by atoms with van der Waals surface area (Å²) in [6.07, 6.45) is 2.91. The van der Waals surface area contributed by atoms with E-state index in [1.807, 2.05) is 4.90 Å². The zero-order valence-corrected chi connectivity index (χ0v) is 8.98. The Labute approximate surface area is 86.1 Å². The molecule has 0 spiro atoms. The lowest BCUT2D eigenvalue weighted by Crippen LogP contribution is -2.39. The highest BCUT2D eigenvalue weighted by Gasteiger charge is 2.19. The molecule has 3 nitrogen and oxygen atoms in total. The summed E-state index contributed by atoms with van der Waals surface area (Å²) >= 11 is 0. The van der Waals surface area contributed by atoms with E-state index < -0.39 is 0 Å². The summed E-state index contributed by atoms with van der Waals surface area (Å²) < 4.78 is 0. The average molecular weight is 207 g/mol. The second-order valence-electron chi connectivity index (χ2n) is 3.63. The molecule has 1 heterocycles. The minimum absolute atomic E-state index is 0. The highest BCUT2D eigenvalue weighted by atomic mass is 35.5. The molecule has 2 N–H and O–H groups in total. The Hall–Kier alpha value is -0.280. The molecule has 13 heavy (non-hydrogen) atoms. The molecule has 1 amide bonds. The van der Waals surface area contributed by atoms with E-state index in [4.69, 9.17) is 5.73 Å². The van der Waals surface area contributed by atoms with E-state index in [0.717, 1.165) is 19.5 Å². The van der Waals surface area contributed by atoms with Crippen molar-refractivity contribution in [2.24, 2.45) is 11.7 Å². The Morgan fingerprint density at radius 2 is 2.31 bits per heavy atom. The highest BCUT2D eigenvalue weighted by molar-refractivity contribution is 5.85. The normalized spacial score (nSPS) is 22.3. The Balaban J connectivity index is 0.00000144. The largest absolute Gasteiger partial charge is 0.342 e. The Morgan fingerprint density at radius 3 is 2.85 bits per heavy atom. The van der Waals surface area contributed by atoms with Gasteiger partial charge in [-0.3, -0.25) is 4.79 Å². The third-order valence-electron chi connectivity index (χ3n) is 2.37. The average Bonchev–Trinajstić information content (AvgIpc) is 2.05. The van der Waals surface area contributed by atoms with Crippen LogP contribution in [-0.2, 0) is 4.79 Å². The van der Waals surface area contributed by atoms with Crippen molar-refractivity contribution < 1.29 is 4.79 Å². The zero-order valence-electron chi connectivity index (χ0n) is 8.16. The van der Waals surface area contributed by atoms with Crippen molar-refractivity contribution in [3.05, 3.63) is 0 Å². The van der Waals surface area contributed by atoms with Crippen LogP contribution in [0.4, 0.5) is 0 Å². The lowest BCUT2D eigenvalue weighted by atomic mass is 10.0. The number of rotatable bonds is 2. The van der Waals surface area contributed by atoms with Gasteiger partial charge in [-0.05, 0) is 18.8 Å². The van der Waals surface area contributed by atoms with Gasteiger partial charge in [0.2, 0.25) is 5.91 Å². The van der Waals surface area contributed by atoms with E-state index in [0.29, 0.717) is 18.9 Å². The molecule has 1 rings (SSSR count). The first-order chi connectivity index (χ1) is 5.74. The summed E-state index contributed by atoms with van der Waals surface area (Å²) in [4.78, 5) is 13.3. The van der Waals surface area contributed by atoms with Gasteiger partial charge in [-0.25, -0.2) is 0 Å². The van der Waals surface area contributed by atoms with Crippen molar-refractivity contribution in [1.82, 2.24) is 4.90 Å². The molecule has 0 aromatic heterocycles. The number of likely N-dealkylation sites (tertiary alicyclic amines) is 1. The fourth-order valence-corrected chi connectivity index (χ4v) is 1.70. The molecule has 0 aromatic carbocycles. The molecular weight excluding hydrogens is 188 g/mol. The molecule has 1 aliphatic rings. The Kier molecular flexibility index (Phi) is 6.08. The van der Waals surface area contributed by atoms with Crippen LogP contribution in [0.15, 0.2) is 0 Å². The SMILES string of the molecule is C[C@H]1CCCN(C(=O)CCN)C1.Cl. The molecule has 4 heteroatoms. The topological polar surface area (TPSA) is 46.3 Å². The van der Waals surface area contributed by atoms with Gasteiger partial charge in [-0.2, -0.15) is 0 Å². The lowest BCUT2D eigenvalue weighted by molar-refractivity contribution is -0.132. The van der Waals surface area contributed by atoms with E-state index in [1.165, 1.54) is 6.42 Å². The van der Waals surface area contributed by atoms with Crippen molar-refractivity contribution in [1.29, 1.82) is 0 Å². The number of halogens is 1. The summed E-state index contributed by atoms with van der Waals surface area (Å²) in [5.41, 5.74) is 5.32. The monoisotopic (exact) mass is 206 g/mol. The van der Waals surface area contributed by atoms with Crippen LogP contribution in [0.2, 0.25) is 0 Å². The number of piperidine rings is 1. The highest BCUT2D eigenvalue weighted by Crippen LogP contribution is 2.15. The van der Waals surface area contributed by atoms with Gasteiger partial charge in [0.05, 0.1) is 0 Å². The van der Waals surface area contributed by atoms with Crippen LogP contribution in [0.25, 0.3) is 0 Å². The maximum Gasteiger partial charge on any atom is 0.223 e. The molecule has 78 valence electrons. The number of nitrogens with two attached hydrogens (primary N) is 1. The van der Waals surface area contributed by atoms with E-state index in [-0.39, 0.29) is 18.3 Å². The summed E-state index contributed by atoms with van der Waals surface area (Å²) in [6.45, 7) is 4.54. The van der Waals surface area contributed by atoms with Gasteiger partial charge in [0.15, 0.2) is 0 Å². The Bertz CT molecular complexity index is 164. The molecule has 1 fully saturated rings. The number of amides is 1. The quantitative estimate of drug-likeness (QED) is 0.733. The van der Waals surface area contributed by atoms with Gasteiger partial charge in [-0.1, -0.05) is 6.92 Å². The molecule has 1 aliphatic heterocycles. The van der Waals surface area contributed by atoms with Crippen LogP contribution in [0.3, 0.4) is 0 Å². The third-order valence-corrected chi connectivity index (χ3v) is 2.37. The van der Waals surface area contributed by atoms with E-state index in [1.54, 1.807) is 0 Å². The fraction of sp³-hybridized carbons (Fsp3) is 0.889. The Morgan fingerprint density at radius 1 is 1.62 bits per heavy atom. The lowest BCUT2D eigenvalue weighted by Gasteiger charge is -2.30. The van der Waals surface area contributed by atoms with E-state index in [2.05, 4.69) is 6.92 Å².